The summed E-state index contributed by atoms with van der Waals surface area (Å²) in [5.41, 5.74) is 0. The van der Waals surface area contributed by atoms with Crippen LogP contribution in [0.4, 0.5) is 0 Å². The number of nitrogens with one attached hydrogen (secondary N) is 1. The van der Waals surface area contributed by atoms with Crippen molar-refractivity contribution in [3.63, 3.8) is 0 Å². The molecular weight excluding hydrogens is 847 g/mol. The molecular formula is C56H105NO10. The maximum absolute atomic E-state index is 13.1. The lowest BCUT2D eigenvalue weighted by Gasteiger charge is -2.40. The molecule has 0 spiro atoms. The summed E-state index contributed by atoms with van der Waals surface area (Å²) in [7, 11) is 0. The fraction of sp³-hybridized carbons (Fsp3) is 0.875. The van der Waals surface area contributed by atoms with Gasteiger partial charge < -0.3 is 50.5 Å². The third-order valence-electron chi connectivity index (χ3n) is 13.4. The molecule has 11 nitrogen and oxygen atoms in total. The van der Waals surface area contributed by atoms with Gasteiger partial charge in [-0.15, -0.1) is 0 Å². The van der Waals surface area contributed by atoms with Gasteiger partial charge in [0.05, 0.1) is 25.4 Å². The highest BCUT2D eigenvalue weighted by molar-refractivity contribution is 5.80. The van der Waals surface area contributed by atoms with Gasteiger partial charge in [0.2, 0.25) is 5.91 Å². The Bertz CT molecular complexity index is 1180. The van der Waals surface area contributed by atoms with Gasteiger partial charge in [-0.25, -0.2) is 0 Å². The minimum absolute atomic E-state index is 0.242. The molecule has 1 rings (SSSR count). The molecule has 11 heteroatoms. The van der Waals surface area contributed by atoms with Gasteiger partial charge in [0, 0.05) is 0 Å². The normalized spacial score (nSPS) is 20.9. The van der Waals surface area contributed by atoms with E-state index in [1.807, 2.05) is 0 Å². The van der Waals surface area contributed by atoms with Crippen molar-refractivity contribution in [1.82, 2.24) is 5.32 Å². The van der Waals surface area contributed by atoms with Gasteiger partial charge >= 0.3 is 0 Å². The highest BCUT2D eigenvalue weighted by Gasteiger charge is 2.44. The molecule has 8 N–H and O–H groups in total. The lowest BCUT2D eigenvalue weighted by Crippen LogP contribution is -2.60. The van der Waals surface area contributed by atoms with Gasteiger partial charge in [-0.05, 0) is 64.2 Å². The first kappa shape index (κ1) is 63.3. The second-order valence-corrected chi connectivity index (χ2v) is 19.6. The Morgan fingerprint density at radius 1 is 0.507 bits per heavy atom. The summed E-state index contributed by atoms with van der Waals surface area (Å²) in [5, 5.41) is 75.7. The number of aliphatic hydroxyl groups excluding tert-OH is 7. The third-order valence-corrected chi connectivity index (χ3v) is 13.4. The summed E-state index contributed by atoms with van der Waals surface area (Å²) in [5.74, 6) is -0.714. The molecule has 0 aliphatic carbocycles. The maximum Gasteiger partial charge on any atom is 0.249 e. The largest absolute Gasteiger partial charge is 0.394 e. The second-order valence-electron chi connectivity index (χ2n) is 19.6. The van der Waals surface area contributed by atoms with Crippen molar-refractivity contribution in [1.29, 1.82) is 0 Å². The van der Waals surface area contributed by atoms with E-state index in [9.17, 15) is 40.5 Å². The van der Waals surface area contributed by atoms with Crippen LogP contribution in [0, 0.1) is 0 Å². The highest BCUT2D eigenvalue weighted by atomic mass is 16.7. The van der Waals surface area contributed by atoms with E-state index in [0.29, 0.717) is 19.3 Å². The molecule has 1 heterocycles. The van der Waals surface area contributed by atoms with Crippen molar-refractivity contribution >= 4 is 5.91 Å². The first-order valence-corrected chi connectivity index (χ1v) is 27.9. The van der Waals surface area contributed by atoms with Crippen molar-refractivity contribution in [3.8, 4) is 0 Å². The minimum atomic E-state index is -1.67. The van der Waals surface area contributed by atoms with Crippen LogP contribution in [0.3, 0.4) is 0 Å². The fourth-order valence-electron chi connectivity index (χ4n) is 8.83. The third kappa shape index (κ3) is 34.3. The van der Waals surface area contributed by atoms with Gasteiger partial charge in [-0.1, -0.05) is 217 Å². The van der Waals surface area contributed by atoms with Gasteiger partial charge in [-0.3, -0.25) is 4.79 Å². The zero-order valence-corrected chi connectivity index (χ0v) is 42.9. The average Bonchev–Trinajstić information content (AvgIpc) is 3.33. The molecule has 394 valence electrons. The number of rotatable bonds is 47. The number of carbonyl (C=O) groups is 1. The first-order valence-electron chi connectivity index (χ1n) is 27.9. The number of hydrogen-bond donors (Lipinski definition) is 8. The molecule has 9 atom stereocenters. The Labute approximate surface area is 409 Å². The van der Waals surface area contributed by atoms with Crippen LogP contribution in [0.5, 0.6) is 0 Å². The summed E-state index contributed by atoms with van der Waals surface area (Å²) in [6, 6.07) is -1.19. The summed E-state index contributed by atoms with van der Waals surface area (Å²) in [6.07, 6.45) is 43.8. The van der Waals surface area contributed by atoms with E-state index in [2.05, 4.69) is 55.6 Å². The molecule has 1 aliphatic rings. The number of aliphatic hydroxyl groups is 7. The van der Waals surface area contributed by atoms with E-state index in [0.717, 1.165) is 44.9 Å². The van der Waals surface area contributed by atoms with Crippen LogP contribution in [0.25, 0.3) is 0 Å². The second kappa shape index (κ2) is 45.5. The molecule has 0 bridgehead atoms. The molecule has 9 unspecified atom stereocenters. The monoisotopic (exact) mass is 952 g/mol. The van der Waals surface area contributed by atoms with Crippen molar-refractivity contribution < 1.29 is 50.0 Å². The summed E-state index contributed by atoms with van der Waals surface area (Å²) in [6.45, 7) is 3.41. The van der Waals surface area contributed by atoms with E-state index in [-0.39, 0.29) is 12.8 Å². The van der Waals surface area contributed by atoms with Crippen LogP contribution in [0.15, 0.2) is 36.5 Å². The Morgan fingerprint density at radius 2 is 0.896 bits per heavy atom. The van der Waals surface area contributed by atoms with Crippen molar-refractivity contribution in [2.24, 2.45) is 0 Å². The zero-order chi connectivity index (χ0) is 49.0. The Balaban J connectivity index is 2.28. The van der Waals surface area contributed by atoms with Crippen LogP contribution in [-0.2, 0) is 14.3 Å². The van der Waals surface area contributed by atoms with E-state index in [1.54, 1.807) is 0 Å². The molecule has 0 aromatic rings. The first-order chi connectivity index (χ1) is 32.7. The quantitative estimate of drug-likeness (QED) is 0.0215. The van der Waals surface area contributed by atoms with E-state index < -0.39 is 74.2 Å². The van der Waals surface area contributed by atoms with Crippen LogP contribution >= 0.6 is 0 Å². The zero-order valence-electron chi connectivity index (χ0n) is 42.9. The van der Waals surface area contributed by atoms with Crippen molar-refractivity contribution in [2.45, 2.75) is 300 Å². The standard InChI is InChI=1S/C56H105NO10/c1-3-5-7-9-11-13-15-16-17-18-19-20-21-22-23-24-25-26-27-28-29-30-31-32-33-34-36-37-39-41-43-48(59)51(61)47(46-66-56-54(64)53(63)52(62)50(45-58)67-56)57-55(65)49(60)44-42-40-38-35-14-12-10-8-6-4-2/h27-28,31-32,36-37,47-54,56,58-64H,3-26,29-30,33-35,38-46H2,1-2H3,(H,57,65)/b28-27+,32-31+,37-36+. The van der Waals surface area contributed by atoms with E-state index >= 15 is 0 Å². The predicted molar refractivity (Wildman–Crippen MR) is 275 cm³/mol. The SMILES string of the molecule is CCCCCCCCCCCCCCCCCCC/C=C/CC/C=C/CC/C=C/CCCC(O)C(O)C(COC1OC(CO)C(O)C(O)C1O)NC(=O)C(O)CCCCCCCCCCCC. The fourth-order valence-corrected chi connectivity index (χ4v) is 8.83. The van der Waals surface area contributed by atoms with Crippen molar-refractivity contribution in [3.05, 3.63) is 36.5 Å². The smallest absolute Gasteiger partial charge is 0.249 e. The van der Waals surface area contributed by atoms with Gasteiger partial charge in [0.15, 0.2) is 6.29 Å². The Kier molecular flexibility index (Phi) is 43.0. The van der Waals surface area contributed by atoms with E-state index in [4.69, 9.17) is 9.47 Å². The van der Waals surface area contributed by atoms with Gasteiger partial charge in [0.25, 0.3) is 0 Å². The molecule has 1 aliphatic heterocycles. The van der Waals surface area contributed by atoms with Gasteiger partial charge in [-0.2, -0.15) is 0 Å². The van der Waals surface area contributed by atoms with Gasteiger partial charge in [0.1, 0.15) is 36.6 Å². The van der Waals surface area contributed by atoms with Crippen LogP contribution in [-0.4, -0.2) is 110 Å². The van der Waals surface area contributed by atoms with Crippen LogP contribution < -0.4 is 5.32 Å². The maximum atomic E-state index is 13.1. The average molecular weight is 952 g/mol. The van der Waals surface area contributed by atoms with Crippen LogP contribution in [0.2, 0.25) is 0 Å². The summed E-state index contributed by atoms with van der Waals surface area (Å²) < 4.78 is 11.1. The lowest BCUT2D eigenvalue weighted by atomic mass is 9.98. The lowest BCUT2D eigenvalue weighted by molar-refractivity contribution is -0.303. The molecule has 0 saturated carbocycles. The number of carbonyl (C=O) groups excluding carboxylic acids is 1. The molecule has 1 fully saturated rings. The number of ether oxygens (including phenoxy) is 2. The number of amides is 1. The predicted octanol–water partition coefficient (Wildman–Crippen LogP) is 11.1. The van der Waals surface area contributed by atoms with Crippen molar-refractivity contribution in [2.75, 3.05) is 13.2 Å². The molecule has 1 saturated heterocycles. The minimum Gasteiger partial charge on any atom is -0.394 e. The topological polar surface area (TPSA) is 189 Å². The van der Waals surface area contributed by atoms with E-state index in [1.165, 1.54) is 154 Å². The number of unbranched alkanes of at least 4 members (excludes halogenated alkanes) is 29. The summed E-state index contributed by atoms with van der Waals surface area (Å²) in [4.78, 5) is 13.1. The number of hydrogen-bond acceptors (Lipinski definition) is 10. The van der Waals surface area contributed by atoms with Crippen LogP contribution in [0.1, 0.15) is 245 Å². The Morgan fingerprint density at radius 3 is 1.33 bits per heavy atom. The Hall–Kier alpha value is -1.67. The molecule has 0 aromatic carbocycles. The molecule has 1 amide bonds. The molecule has 0 aromatic heterocycles. The molecule has 67 heavy (non-hydrogen) atoms. The molecule has 0 radical (unpaired) electrons. The highest BCUT2D eigenvalue weighted by Crippen LogP contribution is 2.23. The number of allylic oxidation sites excluding steroid dienone is 6. The summed E-state index contributed by atoms with van der Waals surface area (Å²) >= 11 is 0.